The molecule has 2 aromatic rings. The second-order valence-electron chi connectivity index (χ2n) is 4.89. The number of likely N-dealkylation sites (N-methyl/N-ethyl adjacent to an activating group) is 1. The summed E-state index contributed by atoms with van der Waals surface area (Å²) >= 11 is 0. The van der Waals surface area contributed by atoms with Crippen LogP contribution in [0.25, 0.3) is 10.8 Å². The quantitative estimate of drug-likeness (QED) is 0.838. The molecule has 0 atom stereocenters. The molecule has 0 amide bonds. The number of ketones is 1. The predicted molar refractivity (Wildman–Crippen MR) is 73.8 cm³/mol. The van der Waals surface area contributed by atoms with Crippen molar-refractivity contribution in [2.75, 3.05) is 6.54 Å². The van der Waals surface area contributed by atoms with Crippen LogP contribution in [0, 0.1) is 0 Å². The van der Waals surface area contributed by atoms with Crippen LogP contribution in [0.5, 0.6) is 0 Å². The lowest BCUT2D eigenvalue weighted by Crippen LogP contribution is -2.46. The van der Waals surface area contributed by atoms with Crippen LogP contribution >= 0.6 is 0 Å². The first-order valence-electron chi connectivity index (χ1n) is 6.19. The van der Waals surface area contributed by atoms with E-state index >= 15 is 0 Å². The van der Waals surface area contributed by atoms with E-state index in [0.717, 1.165) is 22.9 Å². The number of Topliss-reactive ketones (excluding diaryl/α,β-unsaturated/α-hetero) is 1. The molecule has 0 saturated heterocycles. The Morgan fingerprint density at radius 1 is 1.33 bits per heavy atom. The van der Waals surface area contributed by atoms with Gasteiger partial charge in [-0.05, 0) is 31.8 Å². The van der Waals surface area contributed by atoms with E-state index in [0.29, 0.717) is 0 Å². The van der Waals surface area contributed by atoms with Gasteiger partial charge in [-0.1, -0.05) is 25.1 Å². The molecule has 0 aliphatic heterocycles. The van der Waals surface area contributed by atoms with Crippen LogP contribution in [-0.2, 0) is 0 Å². The van der Waals surface area contributed by atoms with Crippen molar-refractivity contribution < 1.29 is 4.79 Å². The number of rotatable bonds is 4. The number of fused-ring (bicyclic) bond motifs is 1. The van der Waals surface area contributed by atoms with Gasteiger partial charge in [0.2, 0.25) is 0 Å². The summed E-state index contributed by atoms with van der Waals surface area (Å²) in [5, 5.41) is 5.17. The number of carbonyl (C=O) groups excluding carboxylic acids is 1. The van der Waals surface area contributed by atoms with Gasteiger partial charge in [-0.3, -0.25) is 9.78 Å². The first kappa shape index (κ1) is 12.7. The molecule has 3 nitrogen and oxygen atoms in total. The minimum atomic E-state index is -0.557. The highest BCUT2D eigenvalue weighted by atomic mass is 16.1. The van der Waals surface area contributed by atoms with Gasteiger partial charge in [0.1, 0.15) is 0 Å². The number of benzene rings is 1. The normalized spacial score (nSPS) is 11.7. The monoisotopic (exact) mass is 242 g/mol. The number of nitrogens with one attached hydrogen (secondary N) is 1. The summed E-state index contributed by atoms with van der Waals surface area (Å²) in [6.45, 7) is 6.59. The van der Waals surface area contributed by atoms with Crippen molar-refractivity contribution in [1.29, 1.82) is 0 Å². The Kier molecular flexibility index (Phi) is 3.43. The zero-order chi connectivity index (χ0) is 13.2. The molecule has 0 fully saturated rings. The highest BCUT2D eigenvalue weighted by Gasteiger charge is 2.28. The Morgan fingerprint density at radius 2 is 2.11 bits per heavy atom. The van der Waals surface area contributed by atoms with Crippen molar-refractivity contribution >= 4 is 16.6 Å². The van der Waals surface area contributed by atoms with E-state index in [1.54, 1.807) is 12.4 Å². The van der Waals surface area contributed by atoms with Crippen molar-refractivity contribution in [3.05, 3.63) is 42.2 Å². The Hall–Kier alpha value is -1.74. The highest BCUT2D eigenvalue weighted by Crippen LogP contribution is 2.21. The topological polar surface area (TPSA) is 42.0 Å². The third-order valence-electron chi connectivity index (χ3n) is 3.11. The van der Waals surface area contributed by atoms with E-state index < -0.39 is 5.54 Å². The summed E-state index contributed by atoms with van der Waals surface area (Å²) in [6, 6.07) is 7.70. The second kappa shape index (κ2) is 4.86. The Labute approximate surface area is 107 Å². The molecule has 1 aromatic carbocycles. The van der Waals surface area contributed by atoms with Gasteiger partial charge in [0.25, 0.3) is 0 Å². The van der Waals surface area contributed by atoms with E-state index in [1.807, 2.05) is 45.0 Å². The maximum absolute atomic E-state index is 12.6. The molecule has 94 valence electrons. The molecule has 1 aromatic heterocycles. The van der Waals surface area contributed by atoms with Gasteiger partial charge in [0.15, 0.2) is 5.78 Å². The van der Waals surface area contributed by atoms with Gasteiger partial charge in [0.05, 0.1) is 5.54 Å². The van der Waals surface area contributed by atoms with Crippen molar-refractivity contribution in [1.82, 2.24) is 10.3 Å². The third-order valence-corrected chi connectivity index (χ3v) is 3.11. The number of nitrogens with zero attached hydrogens (tertiary/aromatic N) is 1. The fraction of sp³-hybridized carbons (Fsp3) is 0.333. The molecule has 0 spiro atoms. The van der Waals surface area contributed by atoms with E-state index in [-0.39, 0.29) is 5.78 Å². The summed E-state index contributed by atoms with van der Waals surface area (Å²) < 4.78 is 0. The lowest BCUT2D eigenvalue weighted by atomic mass is 9.90. The first-order valence-corrected chi connectivity index (χ1v) is 6.19. The molecule has 18 heavy (non-hydrogen) atoms. The fourth-order valence-electron chi connectivity index (χ4n) is 2.17. The fourth-order valence-corrected chi connectivity index (χ4v) is 2.17. The zero-order valence-electron chi connectivity index (χ0n) is 11.0. The molecular weight excluding hydrogens is 224 g/mol. The van der Waals surface area contributed by atoms with Gasteiger partial charge in [0, 0.05) is 23.3 Å². The number of hydrogen-bond donors (Lipinski definition) is 1. The highest BCUT2D eigenvalue weighted by molar-refractivity contribution is 6.11. The zero-order valence-corrected chi connectivity index (χ0v) is 11.0. The molecule has 0 aliphatic carbocycles. The van der Waals surface area contributed by atoms with Crippen LogP contribution < -0.4 is 5.32 Å². The molecule has 1 heterocycles. The first-order chi connectivity index (χ1) is 8.56. The van der Waals surface area contributed by atoms with E-state index in [2.05, 4.69) is 10.3 Å². The summed E-state index contributed by atoms with van der Waals surface area (Å²) in [7, 11) is 0. The standard InChI is InChI=1S/C15H18N2O/c1-4-17-15(2,3)14(18)12-7-5-6-11-8-9-16-10-13(11)12/h5-10,17H,4H2,1-3H3. The molecule has 0 saturated carbocycles. The largest absolute Gasteiger partial charge is 0.305 e. The second-order valence-corrected chi connectivity index (χ2v) is 4.89. The van der Waals surface area contributed by atoms with Crippen LogP contribution in [0.15, 0.2) is 36.7 Å². The van der Waals surface area contributed by atoms with E-state index in [4.69, 9.17) is 0 Å². The molecule has 1 N–H and O–H groups in total. The van der Waals surface area contributed by atoms with E-state index in [9.17, 15) is 4.79 Å². The Morgan fingerprint density at radius 3 is 2.83 bits per heavy atom. The molecule has 0 bridgehead atoms. The average Bonchev–Trinajstić information content (AvgIpc) is 2.37. The Balaban J connectivity index is 2.51. The number of aromatic nitrogens is 1. The molecule has 2 rings (SSSR count). The van der Waals surface area contributed by atoms with Crippen LogP contribution in [0.1, 0.15) is 31.1 Å². The van der Waals surface area contributed by atoms with E-state index in [1.165, 1.54) is 0 Å². The van der Waals surface area contributed by atoms with Gasteiger partial charge in [-0.25, -0.2) is 0 Å². The van der Waals surface area contributed by atoms with Gasteiger partial charge < -0.3 is 5.32 Å². The van der Waals surface area contributed by atoms with Gasteiger partial charge >= 0.3 is 0 Å². The minimum Gasteiger partial charge on any atom is -0.305 e. The molecule has 0 aliphatic rings. The maximum Gasteiger partial charge on any atom is 0.182 e. The molecule has 0 unspecified atom stereocenters. The molecule has 3 heteroatoms. The van der Waals surface area contributed by atoms with Crippen LogP contribution in [0.3, 0.4) is 0 Å². The summed E-state index contributed by atoms with van der Waals surface area (Å²) in [4.78, 5) is 16.7. The summed E-state index contributed by atoms with van der Waals surface area (Å²) in [5.41, 5.74) is 0.172. The minimum absolute atomic E-state index is 0.1000. The van der Waals surface area contributed by atoms with Crippen LogP contribution in [0.4, 0.5) is 0 Å². The van der Waals surface area contributed by atoms with Crippen molar-refractivity contribution in [3.8, 4) is 0 Å². The molecular formula is C15H18N2O. The van der Waals surface area contributed by atoms with Gasteiger partial charge in [-0.2, -0.15) is 0 Å². The van der Waals surface area contributed by atoms with Crippen LogP contribution in [-0.4, -0.2) is 22.9 Å². The van der Waals surface area contributed by atoms with Gasteiger partial charge in [-0.15, -0.1) is 0 Å². The number of hydrogen-bond acceptors (Lipinski definition) is 3. The lowest BCUT2D eigenvalue weighted by molar-refractivity contribution is 0.0886. The van der Waals surface area contributed by atoms with Crippen molar-refractivity contribution in [3.63, 3.8) is 0 Å². The maximum atomic E-state index is 12.6. The van der Waals surface area contributed by atoms with Crippen molar-refractivity contribution in [2.24, 2.45) is 0 Å². The summed E-state index contributed by atoms with van der Waals surface area (Å²) in [5.74, 6) is 0.1000. The summed E-state index contributed by atoms with van der Waals surface area (Å²) in [6.07, 6.45) is 3.50. The third kappa shape index (κ3) is 2.27. The number of pyridine rings is 1. The van der Waals surface area contributed by atoms with Crippen molar-refractivity contribution in [2.45, 2.75) is 26.3 Å². The smallest absolute Gasteiger partial charge is 0.182 e. The SMILES string of the molecule is CCNC(C)(C)C(=O)c1cccc2ccncc12. The molecule has 0 radical (unpaired) electrons. The lowest BCUT2D eigenvalue weighted by Gasteiger charge is -2.24. The average molecular weight is 242 g/mol. The van der Waals surface area contributed by atoms with Crippen LogP contribution in [0.2, 0.25) is 0 Å². The Bertz CT molecular complexity index is 570. The predicted octanol–water partition coefficient (Wildman–Crippen LogP) is 2.81. The number of carbonyl (C=O) groups is 1.